The summed E-state index contributed by atoms with van der Waals surface area (Å²) in [5.74, 6) is 1.13. The molecular formula is C26H33N5O3S. The second-order valence-electron chi connectivity index (χ2n) is 8.27. The van der Waals surface area contributed by atoms with Crippen molar-refractivity contribution in [3.8, 4) is 5.75 Å². The monoisotopic (exact) mass is 495 g/mol. The van der Waals surface area contributed by atoms with Crippen molar-refractivity contribution in [2.45, 2.75) is 65.4 Å². The van der Waals surface area contributed by atoms with Crippen molar-refractivity contribution < 1.29 is 14.3 Å². The molecule has 0 aliphatic heterocycles. The Kier molecular flexibility index (Phi) is 9.31. The van der Waals surface area contributed by atoms with Crippen LogP contribution in [-0.2, 0) is 29.1 Å². The molecule has 1 heterocycles. The van der Waals surface area contributed by atoms with Crippen LogP contribution in [-0.4, -0.2) is 38.4 Å². The number of nitrogens with zero attached hydrogens (tertiary/aromatic N) is 3. The Hall–Kier alpha value is -3.33. The fourth-order valence-corrected chi connectivity index (χ4v) is 4.34. The Morgan fingerprint density at radius 3 is 2.49 bits per heavy atom. The lowest BCUT2D eigenvalue weighted by Gasteiger charge is -2.15. The molecule has 0 aliphatic rings. The van der Waals surface area contributed by atoms with Gasteiger partial charge in [0.05, 0.1) is 12.3 Å². The van der Waals surface area contributed by atoms with Crippen LogP contribution in [0.1, 0.15) is 43.3 Å². The van der Waals surface area contributed by atoms with E-state index in [1.54, 1.807) is 6.92 Å². The van der Waals surface area contributed by atoms with Gasteiger partial charge < -0.3 is 19.9 Å². The van der Waals surface area contributed by atoms with Gasteiger partial charge in [-0.15, -0.1) is 10.2 Å². The molecule has 35 heavy (non-hydrogen) atoms. The number of hydrogen-bond acceptors (Lipinski definition) is 6. The number of benzene rings is 2. The van der Waals surface area contributed by atoms with Crippen LogP contribution in [0.15, 0.2) is 47.6 Å². The van der Waals surface area contributed by atoms with Gasteiger partial charge in [-0.25, -0.2) is 0 Å². The van der Waals surface area contributed by atoms with Crippen LogP contribution in [0.3, 0.4) is 0 Å². The quantitative estimate of drug-likeness (QED) is 0.385. The minimum atomic E-state index is -0.650. The van der Waals surface area contributed by atoms with Gasteiger partial charge in [-0.3, -0.25) is 9.59 Å². The van der Waals surface area contributed by atoms with Gasteiger partial charge in [-0.05, 0) is 63.4 Å². The van der Waals surface area contributed by atoms with Gasteiger partial charge in [0.25, 0.3) is 5.91 Å². The molecule has 3 aromatic rings. The molecule has 1 aromatic heterocycles. The molecule has 9 heteroatoms. The average molecular weight is 496 g/mol. The van der Waals surface area contributed by atoms with Crippen LogP contribution in [0.5, 0.6) is 5.75 Å². The molecule has 0 saturated carbocycles. The van der Waals surface area contributed by atoms with Crippen molar-refractivity contribution >= 4 is 29.3 Å². The number of rotatable bonds is 11. The predicted molar refractivity (Wildman–Crippen MR) is 139 cm³/mol. The number of aryl methyl sites for hydroxylation is 3. The first-order chi connectivity index (χ1) is 16.8. The second-order valence-corrected chi connectivity index (χ2v) is 9.22. The topological polar surface area (TPSA) is 98.1 Å². The number of nitrogens with one attached hydrogen (secondary N) is 2. The molecule has 8 nitrogen and oxygen atoms in total. The summed E-state index contributed by atoms with van der Waals surface area (Å²) in [6.45, 7) is 10.6. The van der Waals surface area contributed by atoms with E-state index in [9.17, 15) is 9.59 Å². The normalized spacial score (nSPS) is 11.7. The number of amides is 2. The summed E-state index contributed by atoms with van der Waals surface area (Å²) in [6, 6.07) is 13.6. The van der Waals surface area contributed by atoms with E-state index in [2.05, 4.69) is 27.8 Å². The van der Waals surface area contributed by atoms with Crippen molar-refractivity contribution in [1.29, 1.82) is 0 Å². The SMILES string of the molecule is CCc1ccc(O[C@H](C)C(=O)NCc2nnc(SCC(=O)Nc3ccc(C)cc3C)n2CC)cc1. The van der Waals surface area contributed by atoms with E-state index in [1.165, 1.54) is 17.3 Å². The fourth-order valence-electron chi connectivity index (χ4n) is 3.52. The minimum Gasteiger partial charge on any atom is -0.481 e. The summed E-state index contributed by atoms with van der Waals surface area (Å²) in [5.41, 5.74) is 4.19. The lowest BCUT2D eigenvalue weighted by molar-refractivity contribution is -0.127. The van der Waals surface area contributed by atoms with Gasteiger partial charge in [-0.1, -0.05) is 48.5 Å². The first-order valence-corrected chi connectivity index (χ1v) is 12.7. The molecule has 0 radical (unpaired) electrons. The van der Waals surface area contributed by atoms with Crippen molar-refractivity contribution in [2.24, 2.45) is 0 Å². The molecule has 0 bridgehead atoms. The molecule has 2 amide bonds. The van der Waals surface area contributed by atoms with Crippen molar-refractivity contribution in [3.63, 3.8) is 0 Å². The highest BCUT2D eigenvalue weighted by Gasteiger charge is 2.18. The largest absolute Gasteiger partial charge is 0.481 e. The number of aromatic nitrogens is 3. The third-order valence-electron chi connectivity index (χ3n) is 5.53. The molecule has 186 valence electrons. The standard InChI is InChI=1S/C26H33N5O3S/c1-6-20-9-11-21(12-10-20)34-19(5)25(33)27-15-23-29-30-26(31(23)7-2)35-16-24(32)28-22-13-8-17(3)14-18(22)4/h8-14,19H,6-7,15-16H2,1-5H3,(H,27,33)(H,28,32)/t19-/m1/s1. The summed E-state index contributed by atoms with van der Waals surface area (Å²) in [6.07, 6.45) is 0.300. The Morgan fingerprint density at radius 1 is 1.09 bits per heavy atom. The number of carbonyl (C=O) groups is 2. The van der Waals surface area contributed by atoms with E-state index in [1.807, 2.05) is 67.8 Å². The van der Waals surface area contributed by atoms with Crippen LogP contribution in [0.4, 0.5) is 5.69 Å². The Morgan fingerprint density at radius 2 is 1.83 bits per heavy atom. The van der Waals surface area contributed by atoms with E-state index >= 15 is 0 Å². The fraction of sp³-hybridized carbons (Fsp3) is 0.385. The third kappa shape index (κ3) is 7.32. The molecule has 0 aliphatic carbocycles. The van der Waals surface area contributed by atoms with Crippen LogP contribution in [0.25, 0.3) is 0 Å². The third-order valence-corrected chi connectivity index (χ3v) is 6.50. The highest BCUT2D eigenvalue weighted by atomic mass is 32.2. The Bertz CT molecular complexity index is 1160. The summed E-state index contributed by atoms with van der Waals surface area (Å²) in [7, 11) is 0. The zero-order valence-corrected chi connectivity index (χ0v) is 21.7. The van der Waals surface area contributed by atoms with E-state index < -0.39 is 6.10 Å². The maximum absolute atomic E-state index is 12.5. The summed E-state index contributed by atoms with van der Waals surface area (Å²) < 4.78 is 7.64. The van der Waals surface area contributed by atoms with Gasteiger partial charge in [-0.2, -0.15) is 0 Å². The zero-order valence-electron chi connectivity index (χ0n) is 20.9. The lowest BCUT2D eigenvalue weighted by Crippen LogP contribution is -2.36. The molecule has 0 fully saturated rings. The highest BCUT2D eigenvalue weighted by molar-refractivity contribution is 7.99. The van der Waals surface area contributed by atoms with E-state index in [-0.39, 0.29) is 24.1 Å². The highest BCUT2D eigenvalue weighted by Crippen LogP contribution is 2.20. The number of carbonyl (C=O) groups excluding carboxylic acids is 2. The van der Waals surface area contributed by atoms with Crippen molar-refractivity contribution in [2.75, 3.05) is 11.1 Å². The molecule has 0 saturated heterocycles. The van der Waals surface area contributed by atoms with E-state index in [0.717, 1.165) is 23.2 Å². The van der Waals surface area contributed by atoms with Crippen LogP contribution >= 0.6 is 11.8 Å². The van der Waals surface area contributed by atoms with Gasteiger partial charge in [0.15, 0.2) is 17.1 Å². The predicted octanol–water partition coefficient (Wildman–Crippen LogP) is 4.29. The molecule has 3 rings (SSSR count). The second kappa shape index (κ2) is 12.4. The van der Waals surface area contributed by atoms with E-state index in [4.69, 9.17) is 4.74 Å². The van der Waals surface area contributed by atoms with Crippen LogP contribution in [0.2, 0.25) is 0 Å². The summed E-state index contributed by atoms with van der Waals surface area (Å²) >= 11 is 1.31. The molecule has 2 N–H and O–H groups in total. The summed E-state index contributed by atoms with van der Waals surface area (Å²) in [4.78, 5) is 25.0. The molecule has 2 aromatic carbocycles. The Balaban J connectivity index is 1.51. The van der Waals surface area contributed by atoms with Crippen LogP contribution in [0, 0.1) is 13.8 Å². The first-order valence-electron chi connectivity index (χ1n) is 11.8. The number of hydrogen-bond donors (Lipinski definition) is 2. The minimum absolute atomic E-state index is 0.111. The molecule has 0 unspecified atom stereocenters. The lowest BCUT2D eigenvalue weighted by atomic mass is 10.1. The molecular weight excluding hydrogens is 462 g/mol. The Labute approximate surface area is 210 Å². The summed E-state index contributed by atoms with van der Waals surface area (Å²) in [5, 5.41) is 14.9. The smallest absolute Gasteiger partial charge is 0.261 e. The van der Waals surface area contributed by atoms with Crippen molar-refractivity contribution in [3.05, 3.63) is 65.0 Å². The van der Waals surface area contributed by atoms with Gasteiger partial charge in [0.1, 0.15) is 5.75 Å². The number of anilines is 1. The molecule has 1 atom stereocenters. The van der Waals surface area contributed by atoms with Gasteiger partial charge in [0, 0.05) is 12.2 Å². The molecule has 0 spiro atoms. The van der Waals surface area contributed by atoms with Gasteiger partial charge in [0.2, 0.25) is 5.91 Å². The van der Waals surface area contributed by atoms with E-state index in [0.29, 0.717) is 23.3 Å². The number of ether oxygens (including phenoxy) is 1. The van der Waals surface area contributed by atoms with Crippen LogP contribution < -0.4 is 15.4 Å². The average Bonchev–Trinajstić information content (AvgIpc) is 3.25. The van der Waals surface area contributed by atoms with Gasteiger partial charge >= 0.3 is 0 Å². The van der Waals surface area contributed by atoms with Crippen molar-refractivity contribution in [1.82, 2.24) is 20.1 Å². The maximum Gasteiger partial charge on any atom is 0.261 e. The maximum atomic E-state index is 12.5. The first kappa shape index (κ1) is 26.3. The number of thioether (sulfide) groups is 1. The zero-order chi connectivity index (χ0) is 25.4.